The van der Waals surface area contributed by atoms with E-state index in [4.69, 9.17) is 10.5 Å². The maximum atomic E-state index is 11.4. The molecule has 1 atom stereocenters. The van der Waals surface area contributed by atoms with Crippen molar-refractivity contribution in [3.63, 3.8) is 0 Å². The highest BCUT2D eigenvalue weighted by Crippen LogP contribution is 2.06. The minimum atomic E-state index is -0.489. The Morgan fingerprint density at radius 1 is 1.56 bits per heavy atom. The molecule has 0 bridgehead atoms. The number of rotatable bonds is 4. The normalized spacial score (nSPS) is 12.9. The number of nitrogens with zero attached hydrogens (tertiary/aromatic N) is 1. The van der Waals surface area contributed by atoms with Crippen molar-refractivity contribution in [2.75, 3.05) is 6.54 Å². The van der Waals surface area contributed by atoms with E-state index in [1.54, 1.807) is 12.4 Å². The van der Waals surface area contributed by atoms with Gasteiger partial charge in [0.25, 0.3) is 0 Å². The average molecular weight is 251 g/mol. The van der Waals surface area contributed by atoms with Gasteiger partial charge in [0.15, 0.2) is 0 Å². The second-order valence-corrected chi connectivity index (χ2v) is 5.21. The van der Waals surface area contributed by atoms with Crippen molar-refractivity contribution in [1.29, 1.82) is 0 Å². The second-order valence-electron chi connectivity index (χ2n) is 5.21. The van der Waals surface area contributed by atoms with Gasteiger partial charge in [-0.2, -0.15) is 0 Å². The van der Waals surface area contributed by atoms with Crippen LogP contribution >= 0.6 is 0 Å². The molecule has 0 aliphatic rings. The molecular formula is C13H21N3O2. The molecule has 1 aromatic heterocycles. The van der Waals surface area contributed by atoms with Gasteiger partial charge in [0, 0.05) is 25.0 Å². The van der Waals surface area contributed by atoms with Gasteiger partial charge >= 0.3 is 6.09 Å². The summed E-state index contributed by atoms with van der Waals surface area (Å²) < 4.78 is 5.12. The van der Waals surface area contributed by atoms with Gasteiger partial charge in [-0.3, -0.25) is 4.98 Å². The van der Waals surface area contributed by atoms with Crippen molar-refractivity contribution >= 4 is 6.09 Å². The summed E-state index contributed by atoms with van der Waals surface area (Å²) in [6, 6.07) is 3.67. The molecule has 0 aliphatic heterocycles. The first-order valence-electron chi connectivity index (χ1n) is 5.98. The van der Waals surface area contributed by atoms with Crippen LogP contribution in [0.1, 0.15) is 26.3 Å². The van der Waals surface area contributed by atoms with Crippen LogP contribution in [0.2, 0.25) is 0 Å². The number of nitrogens with two attached hydrogens (primary N) is 1. The first-order chi connectivity index (χ1) is 8.37. The van der Waals surface area contributed by atoms with E-state index >= 15 is 0 Å². The molecule has 18 heavy (non-hydrogen) atoms. The summed E-state index contributed by atoms with van der Waals surface area (Å²) in [6.07, 6.45) is 3.72. The van der Waals surface area contributed by atoms with Crippen molar-refractivity contribution in [3.8, 4) is 0 Å². The molecule has 1 aromatic rings. The monoisotopic (exact) mass is 251 g/mol. The Kier molecular flexibility index (Phi) is 5.09. The number of nitrogens with one attached hydrogen (secondary N) is 1. The average Bonchev–Trinajstić information content (AvgIpc) is 2.25. The van der Waals surface area contributed by atoms with Gasteiger partial charge in [-0.25, -0.2) is 4.79 Å². The van der Waals surface area contributed by atoms with Gasteiger partial charge < -0.3 is 15.8 Å². The third-order valence-electron chi connectivity index (χ3n) is 2.13. The number of carbonyl (C=O) groups excluding carboxylic acids is 1. The van der Waals surface area contributed by atoms with Crippen LogP contribution in [-0.2, 0) is 11.2 Å². The Labute approximate surface area is 108 Å². The number of ether oxygens (including phenoxy) is 1. The van der Waals surface area contributed by atoms with E-state index in [1.807, 2.05) is 32.9 Å². The Bertz CT molecular complexity index is 374. The van der Waals surface area contributed by atoms with Crippen molar-refractivity contribution in [2.45, 2.75) is 38.8 Å². The van der Waals surface area contributed by atoms with Gasteiger partial charge in [0.05, 0.1) is 0 Å². The van der Waals surface area contributed by atoms with Gasteiger partial charge in [0.1, 0.15) is 5.60 Å². The lowest BCUT2D eigenvalue weighted by atomic mass is 10.1. The standard InChI is InChI=1S/C13H21N3O2/c1-13(2,3)18-12(17)16-9-11(14)7-10-5-4-6-15-8-10/h4-6,8,11H,7,9,14H2,1-3H3,(H,16,17)/t11-/m0/s1. The molecule has 100 valence electrons. The van der Waals surface area contributed by atoms with E-state index in [2.05, 4.69) is 10.3 Å². The van der Waals surface area contributed by atoms with Crippen LogP contribution in [0.5, 0.6) is 0 Å². The Morgan fingerprint density at radius 2 is 2.28 bits per heavy atom. The van der Waals surface area contributed by atoms with Crippen molar-refractivity contribution in [2.24, 2.45) is 5.73 Å². The van der Waals surface area contributed by atoms with Crippen molar-refractivity contribution in [3.05, 3.63) is 30.1 Å². The third kappa shape index (κ3) is 6.20. The minimum absolute atomic E-state index is 0.151. The summed E-state index contributed by atoms with van der Waals surface area (Å²) in [5.41, 5.74) is 6.48. The molecule has 5 heteroatoms. The quantitative estimate of drug-likeness (QED) is 0.849. The fourth-order valence-corrected chi connectivity index (χ4v) is 1.42. The molecule has 1 rings (SSSR count). The van der Waals surface area contributed by atoms with Crippen LogP contribution < -0.4 is 11.1 Å². The minimum Gasteiger partial charge on any atom is -0.444 e. The van der Waals surface area contributed by atoms with E-state index in [0.29, 0.717) is 13.0 Å². The summed E-state index contributed by atoms with van der Waals surface area (Å²) >= 11 is 0. The van der Waals surface area contributed by atoms with Gasteiger partial charge in [0.2, 0.25) is 0 Å². The van der Waals surface area contributed by atoms with Crippen LogP contribution in [0.15, 0.2) is 24.5 Å². The number of hydrogen-bond acceptors (Lipinski definition) is 4. The molecule has 1 amide bonds. The number of amides is 1. The number of pyridine rings is 1. The first kappa shape index (κ1) is 14.4. The maximum absolute atomic E-state index is 11.4. The summed E-state index contributed by atoms with van der Waals surface area (Å²) in [7, 11) is 0. The zero-order valence-corrected chi connectivity index (χ0v) is 11.1. The largest absolute Gasteiger partial charge is 0.444 e. The Hall–Kier alpha value is -1.62. The molecule has 0 unspecified atom stereocenters. The van der Waals surface area contributed by atoms with E-state index in [-0.39, 0.29) is 6.04 Å². The smallest absolute Gasteiger partial charge is 0.407 e. The molecule has 0 spiro atoms. The summed E-state index contributed by atoms with van der Waals surface area (Å²) in [5.74, 6) is 0. The summed E-state index contributed by atoms with van der Waals surface area (Å²) in [4.78, 5) is 15.4. The van der Waals surface area contributed by atoms with Crippen LogP contribution in [0.3, 0.4) is 0 Å². The topological polar surface area (TPSA) is 77.2 Å². The van der Waals surface area contributed by atoms with E-state index in [0.717, 1.165) is 5.56 Å². The molecule has 0 aliphatic carbocycles. The predicted octanol–water partition coefficient (Wildman–Crippen LogP) is 1.48. The molecule has 0 aromatic carbocycles. The molecule has 0 saturated carbocycles. The third-order valence-corrected chi connectivity index (χ3v) is 2.13. The molecular weight excluding hydrogens is 230 g/mol. The van der Waals surface area contributed by atoms with Crippen LogP contribution in [0, 0.1) is 0 Å². The highest BCUT2D eigenvalue weighted by molar-refractivity contribution is 5.67. The van der Waals surface area contributed by atoms with Crippen molar-refractivity contribution in [1.82, 2.24) is 10.3 Å². The van der Waals surface area contributed by atoms with Gasteiger partial charge in [-0.05, 0) is 38.8 Å². The van der Waals surface area contributed by atoms with Crippen LogP contribution in [0.25, 0.3) is 0 Å². The maximum Gasteiger partial charge on any atom is 0.407 e. The molecule has 5 nitrogen and oxygen atoms in total. The second kappa shape index (κ2) is 6.35. The summed E-state index contributed by atoms with van der Waals surface area (Å²) in [6.45, 7) is 5.84. The van der Waals surface area contributed by atoms with Crippen molar-refractivity contribution < 1.29 is 9.53 Å². The van der Waals surface area contributed by atoms with E-state index < -0.39 is 11.7 Å². The zero-order chi connectivity index (χ0) is 13.6. The van der Waals surface area contributed by atoms with Gasteiger partial charge in [-0.15, -0.1) is 0 Å². The van der Waals surface area contributed by atoms with E-state index in [9.17, 15) is 4.79 Å². The lowest BCUT2D eigenvalue weighted by molar-refractivity contribution is 0.0524. The number of hydrogen-bond donors (Lipinski definition) is 2. The lowest BCUT2D eigenvalue weighted by Gasteiger charge is -2.20. The van der Waals surface area contributed by atoms with Crippen LogP contribution in [0.4, 0.5) is 4.79 Å². The molecule has 0 fully saturated rings. The Balaban J connectivity index is 2.29. The van der Waals surface area contributed by atoms with E-state index in [1.165, 1.54) is 0 Å². The zero-order valence-electron chi connectivity index (χ0n) is 11.1. The van der Waals surface area contributed by atoms with Gasteiger partial charge in [-0.1, -0.05) is 6.07 Å². The fraction of sp³-hybridized carbons (Fsp3) is 0.538. The predicted molar refractivity (Wildman–Crippen MR) is 70.2 cm³/mol. The molecule has 0 radical (unpaired) electrons. The first-order valence-corrected chi connectivity index (χ1v) is 5.98. The number of carbonyl (C=O) groups is 1. The lowest BCUT2D eigenvalue weighted by Crippen LogP contribution is -2.41. The van der Waals surface area contributed by atoms with Crippen LogP contribution in [-0.4, -0.2) is 29.3 Å². The molecule has 1 heterocycles. The fourth-order valence-electron chi connectivity index (χ4n) is 1.42. The highest BCUT2D eigenvalue weighted by Gasteiger charge is 2.16. The number of alkyl carbamates (subject to hydrolysis) is 1. The SMILES string of the molecule is CC(C)(C)OC(=O)NC[C@@H](N)Cc1cccnc1. The molecule has 0 saturated heterocycles. The summed E-state index contributed by atoms with van der Waals surface area (Å²) in [5, 5.41) is 2.65. The molecule has 3 N–H and O–H groups in total. The highest BCUT2D eigenvalue weighted by atomic mass is 16.6. The number of aromatic nitrogens is 1. The Morgan fingerprint density at radius 3 is 2.83 bits per heavy atom.